The van der Waals surface area contributed by atoms with E-state index in [2.05, 4.69) is 70.0 Å². The van der Waals surface area contributed by atoms with Gasteiger partial charge in [0, 0.05) is 36.0 Å². The van der Waals surface area contributed by atoms with Crippen LogP contribution in [-0.2, 0) is 11.3 Å². The summed E-state index contributed by atoms with van der Waals surface area (Å²) in [5, 5.41) is 2.15. The zero-order chi connectivity index (χ0) is 14.8. The Morgan fingerprint density at radius 3 is 2.95 bits per heavy atom. The molecular formula is C17H21BrN2O. The highest BCUT2D eigenvalue weighted by Gasteiger charge is 2.24. The molecule has 4 heteroatoms. The zero-order valence-corrected chi connectivity index (χ0v) is 14.1. The second-order valence-corrected chi connectivity index (χ2v) is 6.50. The first-order valence-electron chi connectivity index (χ1n) is 7.44. The van der Waals surface area contributed by atoms with E-state index in [9.17, 15) is 0 Å². The highest BCUT2D eigenvalue weighted by Crippen LogP contribution is 2.22. The summed E-state index contributed by atoms with van der Waals surface area (Å²) in [5.41, 5.74) is 3.54. The lowest BCUT2D eigenvalue weighted by atomic mass is 10.1. The summed E-state index contributed by atoms with van der Waals surface area (Å²) >= 11 is 3.54. The molecule has 3 rings (SSSR count). The molecule has 0 bridgehead atoms. The molecule has 0 N–H and O–H groups in total. The molecule has 0 aliphatic carbocycles. The van der Waals surface area contributed by atoms with E-state index in [1.807, 2.05) is 0 Å². The topological polar surface area (TPSA) is 25.4 Å². The molecule has 1 aromatic carbocycles. The molecule has 2 aromatic rings. The molecule has 2 unspecified atom stereocenters. The Balaban J connectivity index is 1.87. The SMILES string of the molecule is Cc1cc(CN2CC(C)OC(CBr)C2)c2ccccc2n1. The Kier molecular flexibility index (Phi) is 4.57. The first kappa shape index (κ1) is 14.9. The maximum absolute atomic E-state index is 5.91. The molecule has 0 spiro atoms. The van der Waals surface area contributed by atoms with Gasteiger partial charge in [-0.25, -0.2) is 0 Å². The fourth-order valence-corrected chi connectivity index (χ4v) is 3.48. The third kappa shape index (κ3) is 3.44. The number of aromatic nitrogens is 1. The van der Waals surface area contributed by atoms with Gasteiger partial charge in [0.1, 0.15) is 0 Å². The number of halogens is 1. The first-order valence-corrected chi connectivity index (χ1v) is 8.57. The normalized spacial score (nSPS) is 23.6. The lowest BCUT2D eigenvalue weighted by molar-refractivity contribution is -0.0677. The van der Waals surface area contributed by atoms with E-state index in [-0.39, 0.29) is 12.2 Å². The van der Waals surface area contributed by atoms with Gasteiger partial charge < -0.3 is 4.74 Å². The molecule has 0 amide bonds. The predicted molar refractivity (Wildman–Crippen MR) is 89.9 cm³/mol. The smallest absolute Gasteiger partial charge is 0.0802 e. The average Bonchev–Trinajstić information content (AvgIpc) is 2.46. The van der Waals surface area contributed by atoms with Crippen molar-refractivity contribution in [2.45, 2.75) is 32.6 Å². The Morgan fingerprint density at radius 1 is 1.33 bits per heavy atom. The van der Waals surface area contributed by atoms with E-state index in [4.69, 9.17) is 4.74 Å². The van der Waals surface area contributed by atoms with Crippen molar-refractivity contribution in [3.05, 3.63) is 41.6 Å². The zero-order valence-electron chi connectivity index (χ0n) is 12.6. The first-order chi connectivity index (χ1) is 10.2. The van der Waals surface area contributed by atoms with Crippen LogP contribution >= 0.6 is 15.9 Å². The predicted octanol–water partition coefficient (Wildman–Crippen LogP) is 3.53. The van der Waals surface area contributed by atoms with Gasteiger partial charge >= 0.3 is 0 Å². The fraction of sp³-hybridized carbons (Fsp3) is 0.471. The van der Waals surface area contributed by atoms with Crippen molar-refractivity contribution < 1.29 is 4.74 Å². The van der Waals surface area contributed by atoms with Crippen LogP contribution < -0.4 is 0 Å². The van der Waals surface area contributed by atoms with Crippen LogP contribution in [0.25, 0.3) is 10.9 Å². The maximum Gasteiger partial charge on any atom is 0.0802 e. The van der Waals surface area contributed by atoms with Crippen molar-refractivity contribution in [1.29, 1.82) is 0 Å². The van der Waals surface area contributed by atoms with Gasteiger partial charge in [0.25, 0.3) is 0 Å². The number of ether oxygens (including phenoxy) is 1. The van der Waals surface area contributed by atoms with Gasteiger partial charge in [-0.1, -0.05) is 34.1 Å². The van der Waals surface area contributed by atoms with Crippen LogP contribution in [0.3, 0.4) is 0 Å². The minimum absolute atomic E-state index is 0.281. The molecular weight excluding hydrogens is 328 g/mol. The third-order valence-corrected chi connectivity index (χ3v) is 4.62. The number of fused-ring (bicyclic) bond motifs is 1. The van der Waals surface area contributed by atoms with Crippen LogP contribution in [0.5, 0.6) is 0 Å². The number of para-hydroxylation sites is 1. The molecule has 1 aliphatic heterocycles. The van der Waals surface area contributed by atoms with Gasteiger partial charge in [-0.05, 0) is 31.5 Å². The molecule has 1 saturated heterocycles. The van der Waals surface area contributed by atoms with Crippen LogP contribution in [0.15, 0.2) is 30.3 Å². The van der Waals surface area contributed by atoms with Crippen molar-refractivity contribution in [2.75, 3.05) is 18.4 Å². The van der Waals surface area contributed by atoms with E-state index in [1.165, 1.54) is 10.9 Å². The number of pyridine rings is 1. The van der Waals surface area contributed by atoms with Gasteiger partial charge in [-0.3, -0.25) is 9.88 Å². The Hall–Kier alpha value is -0.970. The van der Waals surface area contributed by atoms with E-state index < -0.39 is 0 Å². The summed E-state index contributed by atoms with van der Waals surface area (Å²) in [7, 11) is 0. The minimum atomic E-state index is 0.281. The molecule has 1 aliphatic rings. The standard InChI is InChI=1S/C17H21BrN2O/c1-12-7-14(16-5-3-4-6-17(16)19-12)10-20-9-13(2)21-15(8-18)11-20/h3-7,13,15H,8-11H2,1-2H3. The van der Waals surface area contributed by atoms with Crippen molar-refractivity contribution in [1.82, 2.24) is 9.88 Å². The molecule has 2 heterocycles. The number of aryl methyl sites for hydroxylation is 1. The molecule has 2 atom stereocenters. The third-order valence-electron chi connectivity index (χ3n) is 3.90. The molecule has 1 aromatic heterocycles. The molecule has 0 saturated carbocycles. The van der Waals surface area contributed by atoms with Crippen LogP contribution in [-0.4, -0.2) is 40.5 Å². The maximum atomic E-state index is 5.91. The summed E-state index contributed by atoms with van der Waals surface area (Å²) in [6.45, 7) is 7.14. The van der Waals surface area contributed by atoms with Gasteiger partial charge in [-0.15, -0.1) is 0 Å². The highest BCUT2D eigenvalue weighted by molar-refractivity contribution is 9.09. The highest BCUT2D eigenvalue weighted by atomic mass is 79.9. The quantitative estimate of drug-likeness (QED) is 0.793. The largest absolute Gasteiger partial charge is 0.372 e. The summed E-state index contributed by atoms with van der Waals surface area (Å²) < 4.78 is 5.91. The van der Waals surface area contributed by atoms with Gasteiger partial charge in [0.15, 0.2) is 0 Å². The van der Waals surface area contributed by atoms with E-state index in [0.29, 0.717) is 0 Å². The van der Waals surface area contributed by atoms with Crippen LogP contribution in [0, 0.1) is 6.92 Å². The van der Waals surface area contributed by atoms with E-state index >= 15 is 0 Å². The lowest BCUT2D eigenvalue weighted by Crippen LogP contribution is -2.46. The second kappa shape index (κ2) is 6.42. The van der Waals surface area contributed by atoms with E-state index in [0.717, 1.165) is 36.2 Å². The Labute approximate surface area is 134 Å². The lowest BCUT2D eigenvalue weighted by Gasteiger charge is -2.36. The summed E-state index contributed by atoms with van der Waals surface area (Å²) in [6.07, 6.45) is 0.568. The van der Waals surface area contributed by atoms with Crippen molar-refractivity contribution >= 4 is 26.8 Å². The number of hydrogen-bond acceptors (Lipinski definition) is 3. The van der Waals surface area contributed by atoms with Crippen LogP contribution in [0.4, 0.5) is 0 Å². The summed E-state index contributed by atoms with van der Waals surface area (Å²) in [5.74, 6) is 0. The van der Waals surface area contributed by atoms with Crippen LogP contribution in [0.1, 0.15) is 18.2 Å². The van der Waals surface area contributed by atoms with Gasteiger partial charge in [0.2, 0.25) is 0 Å². The van der Waals surface area contributed by atoms with Crippen molar-refractivity contribution in [2.24, 2.45) is 0 Å². The molecule has 0 radical (unpaired) electrons. The minimum Gasteiger partial charge on any atom is -0.372 e. The number of morpholine rings is 1. The number of rotatable bonds is 3. The van der Waals surface area contributed by atoms with Gasteiger partial charge in [0.05, 0.1) is 17.7 Å². The second-order valence-electron chi connectivity index (χ2n) is 5.86. The summed E-state index contributed by atoms with van der Waals surface area (Å²) in [6, 6.07) is 10.6. The van der Waals surface area contributed by atoms with Gasteiger partial charge in [-0.2, -0.15) is 0 Å². The Morgan fingerprint density at radius 2 is 2.14 bits per heavy atom. The Bertz CT molecular complexity index is 631. The summed E-state index contributed by atoms with van der Waals surface area (Å²) in [4.78, 5) is 7.11. The number of hydrogen-bond donors (Lipinski definition) is 0. The molecule has 3 nitrogen and oxygen atoms in total. The fourth-order valence-electron chi connectivity index (χ4n) is 3.12. The number of benzene rings is 1. The molecule has 112 valence electrons. The number of alkyl halides is 1. The molecule has 21 heavy (non-hydrogen) atoms. The van der Waals surface area contributed by atoms with Crippen molar-refractivity contribution in [3.8, 4) is 0 Å². The van der Waals surface area contributed by atoms with Crippen molar-refractivity contribution in [3.63, 3.8) is 0 Å². The van der Waals surface area contributed by atoms with Crippen LogP contribution in [0.2, 0.25) is 0 Å². The number of nitrogens with zero attached hydrogens (tertiary/aromatic N) is 2. The molecule has 1 fully saturated rings. The van der Waals surface area contributed by atoms with E-state index in [1.54, 1.807) is 0 Å². The monoisotopic (exact) mass is 348 g/mol. The average molecular weight is 349 g/mol.